The van der Waals surface area contributed by atoms with E-state index in [0.717, 1.165) is 17.1 Å². The van der Waals surface area contributed by atoms with Crippen molar-refractivity contribution < 1.29 is 5.21 Å². The van der Waals surface area contributed by atoms with E-state index in [1.807, 2.05) is 45.4 Å². The van der Waals surface area contributed by atoms with Crippen molar-refractivity contribution in [2.75, 3.05) is 11.9 Å². The second-order valence-electron chi connectivity index (χ2n) is 4.77. The molecule has 3 N–H and O–H groups in total. The quantitative estimate of drug-likeness (QED) is 0.360. The number of anilines is 1. The minimum absolute atomic E-state index is 0.0589. The lowest BCUT2D eigenvalue weighted by Gasteiger charge is -2.20. The summed E-state index contributed by atoms with van der Waals surface area (Å²) in [5, 5.41) is 20.5. The summed E-state index contributed by atoms with van der Waals surface area (Å²) in [7, 11) is 5.63. The molecule has 2 heterocycles. The van der Waals surface area contributed by atoms with Crippen LogP contribution in [0.5, 0.6) is 0 Å². The van der Waals surface area contributed by atoms with Gasteiger partial charge in [-0.15, -0.1) is 0 Å². The highest BCUT2D eigenvalue weighted by molar-refractivity contribution is 6.02. The molecule has 0 fully saturated rings. The van der Waals surface area contributed by atoms with Gasteiger partial charge < -0.3 is 15.8 Å². The van der Waals surface area contributed by atoms with Crippen LogP contribution < -0.4 is 10.6 Å². The van der Waals surface area contributed by atoms with Crippen molar-refractivity contribution in [3.63, 3.8) is 0 Å². The number of hydrogen-bond donors (Lipinski definition) is 2. The summed E-state index contributed by atoms with van der Waals surface area (Å²) >= 11 is 0. The van der Waals surface area contributed by atoms with E-state index >= 15 is 0 Å². The third-order valence-electron chi connectivity index (χ3n) is 3.10. The predicted molar refractivity (Wildman–Crippen MR) is 75.8 cm³/mol. The number of rotatable bonds is 4. The summed E-state index contributed by atoms with van der Waals surface area (Å²) in [6, 6.07) is 0. The fraction of sp³-hybridized carbons (Fsp3) is 0.417. The molecule has 8 heteroatoms. The van der Waals surface area contributed by atoms with Crippen molar-refractivity contribution in [1.82, 2.24) is 19.6 Å². The van der Waals surface area contributed by atoms with Crippen LogP contribution in [0.1, 0.15) is 16.8 Å². The van der Waals surface area contributed by atoms with Gasteiger partial charge in [0.1, 0.15) is 5.82 Å². The summed E-state index contributed by atoms with van der Waals surface area (Å²) in [4.78, 5) is 1.99. The Labute approximate surface area is 117 Å². The summed E-state index contributed by atoms with van der Waals surface area (Å²) in [5.74, 6) is 0.852. The van der Waals surface area contributed by atoms with Crippen LogP contribution in [0.15, 0.2) is 17.5 Å². The minimum atomic E-state index is 0.0589. The molecule has 2 aromatic rings. The molecular weight excluding hydrogens is 258 g/mol. The Kier molecular flexibility index (Phi) is 3.64. The topological polar surface area (TPSA) is 97.5 Å². The number of amidine groups is 1. The maximum atomic E-state index is 8.92. The largest absolute Gasteiger partial charge is 0.409 e. The van der Waals surface area contributed by atoms with Crippen LogP contribution in [0.25, 0.3) is 0 Å². The van der Waals surface area contributed by atoms with Gasteiger partial charge in [-0.2, -0.15) is 10.2 Å². The Morgan fingerprint density at radius 1 is 1.50 bits per heavy atom. The molecule has 0 aliphatic rings. The Bertz CT molecular complexity index is 640. The van der Waals surface area contributed by atoms with Crippen LogP contribution in [-0.4, -0.2) is 37.7 Å². The van der Waals surface area contributed by atoms with E-state index in [9.17, 15) is 0 Å². The summed E-state index contributed by atoms with van der Waals surface area (Å²) in [6.45, 7) is 2.48. The van der Waals surface area contributed by atoms with E-state index in [1.165, 1.54) is 0 Å². The average Bonchev–Trinajstić information content (AvgIpc) is 2.91. The molecule has 0 aliphatic heterocycles. The molecule has 0 aliphatic carbocycles. The molecule has 20 heavy (non-hydrogen) atoms. The maximum Gasteiger partial charge on any atom is 0.175 e. The SMILES string of the molecule is Cc1nn(C)c(N(C)Cc2cnn(C)c2)c1C(N)=NO. The highest BCUT2D eigenvalue weighted by atomic mass is 16.4. The minimum Gasteiger partial charge on any atom is -0.409 e. The van der Waals surface area contributed by atoms with Gasteiger partial charge in [-0.05, 0) is 6.92 Å². The van der Waals surface area contributed by atoms with E-state index in [0.29, 0.717) is 12.1 Å². The molecule has 0 radical (unpaired) electrons. The Morgan fingerprint density at radius 3 is 2.75 bits per heavy atom. The molecule has 0 spiro atoms. The number of oxime groups is 1. The Morgan fingerprint density at radius 2 is 2.20 bits per heavy atom. The van der Waals surface area contributed by atoms with E-state index in [-0.39, 0.29) is 5.84 Å². The molecule has 0 atom stereocenters. The predicted octanol–water partition coefficient (Wildman–Crippen LogP) is 0.193. The molecule has 0 aromatic carbocycles. The normalized spacial score (nSPS) is 11.9. The number of nitrogens with two attached hydrogens (primary N) is 1. The molecule has 2 rings (SSSR count). The lowest BCUT2D eigenvalue weighted by molar-refractivity contribution is 0.318. The van der Waals surface area contributed by atoms with Crippen LogP contribution in [0.4, 0.5) is 5.82 Å². The number of aryl methyl sites for hydroxylation is 3. The molecule has 8 nitrogen and oxygen atoms in total. The maximum absolute atomic E-state index is 8.92. The van der Waals surface area contributed by atoms with Crippen LogP contribution in [0, 0.1) is 6.92 Å². The van der Waals surface area contributed by atoms with Crippen LogP contribution in [-0.2, 0) is 20.6 Å². The molecular formula is C12H19N7O. The van der Waals surface area contributed by atoms with Crippen molar-refractivity contribution in [3.8, 4) is 0 Å². The number of hydrogen-bond acceptors (Lipinski definition) is 5. The molecule has 2 aromatic heterocycles. The first-order chi connectivity index (χ1) is 9.43. The number of aromatic nitrogens is 4. The molecule has 0 saturated heterocycles. The Balaban J connectivity index is 2.36. The van der Waals surface area contributed by atoms with Gasteiger partial charge in [0.05, 0.1) is 17.5 Å². The summed E-state index contributed by atoms with van der Waals surface area (Å²) in [5.41, 5.74) is 8.18. The zero-order chi connectivity index (χ0) is 14.9. The van der Waals surface area contributed by atoms with Crippen LogP contribution >= 0.6 is 0 Å². The fourth-order valence-electron chi connectivity index (χ4n) is 2.34. The monoisotopic (exact) mass is 277 g/mol. The van der Waals surface area contributed by atoms with Gasteiger partial charge in [-0.3, -0.25) is 9.36 Å². The second kappa shape index (κ2) is 5.24. The first-order valence-corrected chi connectivity index (χ1v) is 6.14. The van der Waals surface area contributed by atoms with Gasteiger partial charge in [-0.25, -0.2) is 0 Å². The lowest BCUT2D eigenvalue weighted by atomic mass is 10.2. The van der Waals surface area contributed by atoms with Crippen molar-refractivity contribution in [2.45, 2.75) is 13.5 Å². The first-order valence-electron chi connectivity index (χ1n) is 6.14. The summed E-state index contributed by atoms with van der Waals surface area (Å²) < 4.78 is 3.47. The number of nitrogens with zero attached hydrogens (tertiary/aromatic N) is 6. The highest BCUT2D eigenvalue weighted by Gasteiger charge is 2.20. The van der Waals surface area contributed by atoms with Crippen molar-refractivity contribution >= 4 is 11.7 Å². The zero-order valence-corrected chi connectivity index (χ0v) is 12.1. The van der Waals surface area contributed by atoms with Gasteiger partial charge in [0, 0.05) is 39.4 Å². The third-order valence-corrected chi connectivity index (χ3v) is 3.10. The van der Waals surface area contributed by atoms with Gasteiger partial charge in [0.15, 0.2) is 5.84 Å². The summed E-state index contributed by atoms with van der Waals surface area (Å²) in [6.07, 6.45) is 3.76. The first kappa shape index (κ1) is 13.9. The van der Waals surface area contributed by atoms with E-state index in [2.05, 4.69) is 15.4 Å². The van der Waals surface area contributed by atoms with Crippen molar-refractivity contribution in [1.29, 1.82) is 0 Å². The van der Waals surface area contributed by atoms with Crippen LogP contribution in [0.2, 0.25) is 0 Å². The zero-order valence-electron chi connectivity index (χ0n) is 12.1. The fourth-order valence-corrected chi connectivity index (χ4v) is 2.34. The van der Waals surface area contributed by atoms with E-state index < -0.39 is 0 Å². The third kappa shape index (κ3) is 2.44. The molecule has 108 valence electrons. The molecule has 0 unspecified atom stereocenters. The molecule has 0 bridgehead atoms. The van der Waals surface area contributed by atoms with Gasteiger partial charge >= 0.3 is 0 Å². The smallest absolute Gasteiger partial charge is 0.175 e. The van der Waals surface area contributed by atoms with Gasteiger partial charge in [0.25, 0.3) is 0 Å². The second-order valence-corrected chi connectivity index (χ2v) is 4.77. The van der Waals surface area contributed by atoms with E-state index in [1.54, 1.807) is 9.36 Å². The highest BCUT2D eigenvalue weighted by Crippen LogP contribution is 2.23. The average molecular weight is 277 g/mol. The Hall–Kier alpha value is -2.51. The molecule has 0 saturated carbocycles. The lowest BCUT2D eigenvalue weighted by Crippen LogP contribution is -2.24. The van der Waals surface area contributed by atoms with Crippen molar-refractivity contribution in [2.24, 2.45) is 25.0 Å². The van der Waals surface area contributed by atoms with Gasteiger partial charge in [0.2, 0.25) is 0 Å². The molecule has 0 amide bonds. The van der Waals surface area contributed by atoms with E-state index in [4.69, 9.17) is 10.9 Å². The van der Waals surface area contributed by atoms with Crippen LogP contribution in [0.3, 0.4) is 0 Å². The standard InChI is InChI=1S/C12H19N7O/c1-8-10(11(13)16-20)12(19(4)15-8)17(2)6-9-5-14-18(3)7-9/h5,7,20H,6H2,1-4H3,(H2,13,16). The van der Waals surface area contributed by atoms with Gasteiger partial charge in [-0.1, -0.05) is 5.16 Å². The van der Waals surface area contributed by atoms with Crippen molar-refractivity contribution in [3.05, 3.63) is 29.2 Å².